The van der Waals surface area contributed by atoms with Gasteiger partial charge in [-0.2, -0.15) is 0 Å². The van der Waals surface area contributed by atoms with Gasteiger partial charge >= 0.3 is 0 Å². The summed E-state index contributed by atoms with van der Waals surface area (Å²) in [4.78, 5) is 2.37. The third-order valence-electron chi connectivity index (χ3n) is 2.95. The number of ether oxygens (including phenoxy) is 1. The molecule has 1 aliphatic heterocycles. The van der Waals surface area contributed by atoms with Crippen LogP contribution >= 0.6 is 0 Å². The third-order valence-corrected chi connectivity index (χ3v) is 2.95. The van der Waals surface area contributed by atoms with E-state index >= 15 is 0 Å². The van der Waals surface area contributed by atoms with Crippen LogP contribution in [-0.2, 0) is 0 Å². The number of benzene rings is 1. The fourth-order valence-electron chi connectivity index (χ4n) is 1.97. The Morgan fingerprint density at radius 1 is 1.44 bits per heavy atom. The average molecular weight is 221 g/mol. The predicted molar refractivity (Wildman–Crippen MR) is 64.6 cm³/mol. The standard InChI is InChI=1S/C12H17N2O2/c1-2-14-8-7-12(9-14)16-11-5-3-10(13-15)4-6-11/h3-6,12-13H,2,7-9H2,1H3/q-1. The quantitative estimate of drug-likeness (QED) is 0.791. The number of likely N-dealkylation sites (tertiary alicyclic amines) is 1. The SMILES string of the molecule is CCN1CCC(Oc2ccc(N[O-])cc2)C1. The number of likely N-dealkylation sites (N-methyl/N-ethyl adjacent to an activating group) is 1. The number of hydrogen-bond acceptors (Lipinski definition) is 4. The molecule has 88 valence electrons. The lowest BCUT2D eigenvalue weighted by Crippen LogP contribution is -2.24. The molecule has 1 aliphatic rings. The van der Waals surface area contributed by atoms with Gasteiger partial charge in [0.05, 0.1) is 0 Å². The molecule has 0 aliphatic carbocycles. The average Bonchev–Trinajstić information content (AvgIpc) is 2.78. The molecule has 4 nitrogen and oxygen atoms in total. The summed E-state index contributed by atoms with van der Waals surface area (Å²) < 4.78 is 5.84. The fraction of sp³-hybridized carbons (Fsp3) is 0.500. The van der Waals surface area contributed by atoms with Crippen LogP contribution in [0.5, 0.6) is 5.75 Å². The van der Waals surface area contributed by atoms with Crippen LogP contribution in [0, 0.1) is 5.21 Å². The fourth-order valence-corrected chi connectivity index (χ4v) is 1.97. The Bertz CT molecular complexity index is 326. The van der Waals surface area contributed by atoms with Gasteiger partial charge in [0, 0.05) is 18.8 Å². The highest BCUT2D eigenvalue weighted by Crippen LogP contribution is 2.20. The van der Waals surface area contributed by atoms with Crippen molar-refractivity contribution in [1.29, 1.82) is 0 Å². The van der Waals surface area contributed by atoms with Crippen LogP contribution in [0.15, 0.2) is 24.3 Å². The zero-order valence-corrected chi connectivity index (χ0v) is 9.48. The Labute approximate surface area is 95.8 Å². The number of anilines is 1. The van der Waals surface area contributed by atoms with E-state index in [0.29, 0.717) is 5.69 Å². The normalized spacial score (nSPS) is 21.0. The summed E-state index contributed by atoms with van der Waals surface area (Å²) in [5.41, 5.74) is 2.41. The van der Waals surface area contributed by atoms with E-state index in [2.05, 4.69) is 11.8 Å². The van der Waals surface area contributed by atoms with Gasteiger partial charge in [-0.15, -0.1) is 0 Å². The smallest absolute Gasteiger partial charge is 0.119 e. The van der Waals surface area contributed by atoms with Crippen molar-refractivity contribution in [2.24, 2.45) is 0 Å². The monoisotopic (exact) mass is 221 g/mol. The first-order valence-electron chi connectivity index (χ1n) is 5.69. The summed E-state index contributed by atoms with van der Waals surface area (Å²) in [5, 5.41) is 10.4. The van der Waals surface area contributed by atoms with Gasteiger partial charge in [0.25, 0.3) is 0 Å². The van der Waals surface area contributed by atoms with Crippen molar-refractivity contribution in [2.45, 2.75) is 19.4 Å². The summed E-state index contributed by atoms with van der Waals surface area (Å²) in [7, 11) is 0. The van der Waals surface area contributed by atoms with E-state index in [-0.39, 0.29) is 6.10 Å². The summed E-state index contributed by atoms with van der Waals surface area (Å²) in [6.45, 7) is 5.36. The Morgan fingerprint density at radius 2 is 2.19 bits per heavy atom. The maximum Gasteiger partial charge on any atom is 0.119 e. The molecule has 1 fully saturated rings. The van der Waals surface area contributed by atoms with E-state index in [4.69, 9.17) is 4.74 Å². The third kappa shape index (κ3) is 2.65. The Morgan fingerprint density at radius 3 is 2.75 bits per heavy atom. The van der Waals surface area contributed by atoms with Gasteiger partial charge in [-0.05, 0) is 37.2 Å². The summed E-state index contributed by atoms with van der Waals surface area (Å²) in [5.74, 6) is 0.835. The Hall–Kier alpha value is -1.26. The first-order valence-corrected chi connectivity index (χ1v) is 5.69. The lowest BCUT2D eigenvalue weighted by Gasteiger charge is -2.16. The molecule has 1 N–H and O–H groups in total. The molecule has 0 saturated carbocycles. The van der Waals surface area contributed by atoms with E-state index in [1.807, 2.05) is 17.6 Å². The van der Waals surface area contributed by atoms with Crippen LogP contribution in [0.4, 0.5) is 5.69 Å². The van der Waals surface area contributed by atoms with Crippen molar-refractivity contribution in [2.75, 3.05) is 25.1 Å². The van der Waals surface area contributed by atoms with Crippen molar-refractivity contribution >= 4 is 5.69 Å². The molecule has 1 aromatic carbocycles. The van der Waals surface area contributed by atoms with E-state index in [9.17, 15) is 5.21 Å². The summed E-state index contributed by atoms with van der Waals surface area (Å²) in [6, 6.07) is 7.12. The second kappa shape index (κ2) is 5.18. The first-order chi connectivity index (χ1) is 7.81. The highest BCUT2D eigenvalue weighted by molar-refractivity contribution is 5.46. The maximum absolute atomic E-state index is 10.4. The zero-order chi connectivity index (χ0) is 11.4. The van der Waals surface area contributed by atoms with Crippen molar-refractivity contribution < 1.29 is 4.74 Å². The van der Waals surface area contributed by atoms with Crippen molar-refractivity contribution in [3.8, 4) is 5.75 Å². The van der Waals surface area contributed by atoms with Crippen molar-refractivity contribution in [3.63, 3.8) is 0 Å². The van der Waals surface area contributed by atoms with Crippen LogP contribution < -0.4 is 10.2 Å². The second-order valence-electron chi connectivity index (χ2n) is 4.05. The van der Waals surface area contributed by atoms with E-state index < -0.39 is 0 Å². The summed E-state index contributed by atoms with van der Waals surface area (Å²) in [6.07, 6.45) is 1.36. The predicted octanol–water partition coefficient (Wildman–Crippen LogP) is 2.07. The minimum absolute atomic E-state index is 0.283. The largest absolute Gasteiger partial charge is 0.761 e. The van der Waals surface area contributed by atoms with Crippen LogP contribution in [0.3, 0.4) is 0 Å². The topological polar surface area (TPSA) is 47.6 Å². The minimum Gasteiger partial charge on any atom is -0.761 e. The molecule has 2 rings (SSSR count). The lowest BCUT2D eigenvalue weighted by atomic mass is 10.3. The highest BCUT2D eigenvalue weighted by Gasteiger charge is 2.22. The van der Waals surface area contributed by atoms with Gasteiger partial charge in [-0.25, -0.2) is 0 Å². The molecule has 0 spiro atoms. The molecule has 0 aromatic heterocycles. The first kappa shape index (κ1) is 11.2. The zero-order valence-electron chi connectivity index (χ0n) is 9.48. The van der Waals surface area contributed by atoms with Gasteiger partial charge in [0.2, 0.25) is 0 Å². The van der Waals surface area contributed by atoms with Gasteiger partial charge in [0.15, 0.2) is 0 Å². The van der Waals surface area contributed by atoms with Gasteiger partial charge < -0.3 is 15.4 Å². The van der Waals surface area contributed by atoms with Gasteiger partial charge in [0.1, 0.15) is 11.9 Å². The van der Waals surface area contributed by atoms with Crippen LogP contribution in [0.2, 0.25) is 0 Å². The highest BCUT2D eigenvalue weighted by atomic mass is 16.5. The van der Waals surface area contributed by atoms with Crippen molar-refractivity contribution in [3.05, 3.63) is 29.5 Å². The van der Waals surface area contributed by atoms with Gasteiger partial charge in [-0.3, -0.25) is 4.90 Å². The van der Waals surface area contributed by atoms with E-state index in [1.165, 1.54) is 0 Å². The molecule has 1 unspecified atom stereocenters. The van der Waals surface area contributed by atoms with Gasteiger partial charge in [-0.1, -0.05) is 6.92 Å². The molecule has 0 radical (unpaired) electrons. The molecule has 1 atom stereocenters. The summed E-state index contributed by atoms with van der Waals surface area (Å²) >= 11 is 0. The van der Waals surface area contributed by atoms with E-state index in [1.54, 1.807) is 12.1 Å². The molecule has 0 amide bonds. The number of nitrogens with zero attached hydrogens (tertiary/aromatic N) is 1. The number of nitrogens with one attached hydrogen (secondary N) is 1. The Kier molecular flexibility index (Phi) is 3.64. The lowest BCUT2D eigenvalue weighted by molar-refractivity contribution is 0.202. The van der Waals surface area contributed by atoms with Crippen LogP contribution in [-0.4, -0.2) is 30.6 Å². The molecular formula is C12H17N2O2-. The van der Waals surface area contributed by atoms with Crippen LogP contribution in [0.1, 0.15) is 13.3 Å². The molecule has 16 heavy (non-hydrogen) atoms. The van der Waals surface area contributed by atoms with Crippen LogP contribution in [0.25, 0.3) is 0 Å². The number of hydrogen-bond donors (Lipinski definition) is 1. The molecule has 0 bridgehead atoms. The minimum atomic E-state index is 0.283. The number of rotatable bonds is 4. The molecule has 4 heteroatoms. The van der Waals surface area contributed by atoms with E-state index in [0.717, 1.165) is 31.8 Å². The Balaban J connectivity index is 1.89. The van der Waals surface area contributed by atoms with Crippen molar-refractivity contribution in [1.82, 2.24) is 4.90 Å². The second-order valence-corrected chi connectivity index (χ2v) is 4.05. The molecule has 1 heterocycles. The maximum atomic E-state index is 10.4. The molecule has 1 saturated heterocycles. The molecular weight excluding hydrogens is 204 g/mol. The molecule has 1 aromatic rings.